The minimum atomic E-state index is -0.227. The number of carbonyl (C=O) groups excluding carboxylic acids is 1. The van der Waals surface area contributed by atoms with Crippen molar-refractivity contribution in [3.63, 3.8) is 0 Å². The maximum atomic E-state index is 11.8. The zero-order valence-electron chi connectivity index (χ0n) is 16.4. The SMILES string of the molecule is CCNC(=NCCOc1cccc(Cl)c1)NC1CCN(C(=O)OCC)CC1.I. The van der Waals surface area contributed by atoms with E-state index in [1.54, 1.807) is 11.0 Å². The van der Waals surface area contributed by atoms with Crippen LogP contribution in [0.2, 0.25) is 5.02 Å². The first-order valence-corrected chi connectivity index (χ1v) is 9.85. The summed E-state index contributed by atoms with van der Waals surface area (Å²) in [6.45, 7) is 7.42. The van der Waals surface area contributed by atoms with Crippen LogP contribution in [0.1, 0.15) is 26.7 Å². The van der Waals surface area contributed by atoms with E-state index in [0.717, 1.165) is 31.1 Å². The molecule has 1 fully saturated rings. The summed E-state index contributed by atoms with van der Waals surface area (Å²) in [4.78, 5) is 18.1. The molecule has 7 nitrogen and oxygen atoms in total. The van der Waals surface area contributed by atoms with Gasteiger partial charge in [0.2, 0.25) is 0 Å². The first kappa shape index (κ1) is 24.6. The van der Waals surface area contributed by atoms with E-state index >= 15 is 0 Å². The van der Waals surface area contributed by atoms with Crippen LogP contribution in [-0.2, 0) is 4.74 Å². The van der Waals surface area contributed by atoms with Gasteiger partial charge in [0.1, 0.15) is 12.4 Å². The monoisotopic (exact) mass is 524 g/mol. The molecule has 1 aliphatic rings. The Labute approximate surface area is 189 Å². The maximum absolute atomic E-state index is 11.8. The first-order valence-electron chi connectivity index (χ1n) is 9.47. The van der Waals surface area contributed by atoms with Crippen LogP contribution in [0, 0.1) is 0 Å². The molecule has 1 aliphatic heterocycles. The highest BCUT2D eigenvalue weighted by molar-refractivity contribution is 14.0. The van der Waals surface area contributed by atoms with Crippen LogP contribution < -0.4 is 15.4 Å². The number of likely N-dealkylation sites (tertiary alicyclic amines) is 1. The molecule has 0 unspecified atom stereocenters. The highest BCUT2D eigenvalue weighted by Gasteiger charge is 2.23. The van der Waals surface area contributed by atoms with Crippen molar-refractivity contribution in [2.24, 2.45) is 4.99 Å². The fourth-order valence-electron chi connectivity index (χ4n) is 2.81. The molecule has 0 spiro atoms. The van der Waals surface area contributed by atoms with Crippen molar-refractivity contribution in [3.8, 4) is 5.75 Å². The number of halogens is 2. The number of nitrogens with one attached hydrogen (secondary N) is 2. The zero-order chi connectivity index (χ0) is 19.5. The fourth-order valence-corrected chi connectivity index (χ4v) is 2.99. The van der Waals surface area contributed by atoms with Gasteiger partial charge in [-0.25, -0.2) is 9.79 Å². The average Bonchev–Trinajstić information content (AvgIpc) is 2.66. The van der Waals surface area contributed by atoms with Gasteiger partial charge >= 0.3 is 6.09 Å². The molecule has 1 aromatic rings. The first-order chi connectivity index (χ1) is 13.1. The van der Waals surface area contributed by atoms with Crippen molar-refractivity contribution in [1.29, 1.82) is 0 Å². The standard InChI is InChI=1S/C19H29ClN4O3.HI/c1-3-21-18(22-10-13-27-17-7-5-6-15(20)14-17)23-16-8-11-24(12-9-16)19(25)26-4-2;/h5-7,14,16H,3-4,8-13H2,1-2H3,(H2,21,22,23);1H. The number of guanidine groups is 1. The normalized spacial score (nSPS) is 14.8. The Bertz CT molecular complexity index is 625. The number of aliphatic imine (C=N–C) groups is 1. The molecule has 158 valence electrons. The Balaban J connectivity index is 0.00000392. The number of hydrogen-bond acceptors (Lipinski definition) is 4. The largest absolute Gasteiger partial charge is 0.492 e. The Morgan fingerprint density at radius 3 is 2.71 bits per heavy atom. The minimum absolute atomic E-state index is 0. The number of rotatable bonds is 7. The number of carbonyl (C=O) groups is 1. The van der Waals surface area contributed by atoms with E-state index < -0.39 is 0 Å². The van der Waals surface area contributed by atoms with Crippen molar-refractivity contribution in [2.75, 3.05) is 39.4 Å². The quantitative estimate of drug-likeness (QED) is 0.247. The molecule has 2 N–H and O–H groups in total. The second-order valence-corrected chi connectivity index (χ2v) is 6.61. The lowest BCUT2D eigenvalue weighted by Gasteiger charge is -2.32. The summed E-state index contributed by atoms with van der Waals surface area (Å²) in [5.74, 6) is 1.50. The number of benzene rings is 1. The third kappa shape index (κ3) is 8.72. The van der Waals surface area contributed by atoms with Gasteiger partial charge in [-0.2, -0.15) is 0 Å². The lowest BCUT2D eigenvalue weighted by Crippen LogP contribution is -2.50. The van der Waals surface area contributed by atoms with Gasteiger partial charge < -0.3 is 25.0 Å². The van der Waals surface area contributed by atoms with Crippen LogP contribution in [-0.4, -0.2) is 62.4 Å². The van der Waals surface area contributed by atoms with Crippen LogP contribution in [0.25, 0.3) is 0 Å². The Hall–Kier alpha value is -1.42. The number of ether oxygens (including phenoxy) is 2. The summed E-state index contributed by atoms with van der Waals surface area (Å²) in [5, 5.41) is 7.34. The van der Waals surface area contributed by atoms with E-state index in [9.17, 15) is 4.79 Å². The van der Waals surface area contributed by atoms with E-state index in [1.165, 1.54) is 0 Å². The van der Waals surface area contributed by atoms with Gasteiger partial charge in [0.05, 0.1) is 13.2 Å². The molecule has 1 aromatic carbocycles. The molecule has 1 amide bonds. The summed E-state index contributed by atoms with van der Waals surface area (Å²) >= 11 is 5.95. The van der Waals surface area contributed by atoms with Crippen molar-refractivity contribution in [1.82, 2.24) is 15.5 Å². The Morgan fingerprint density at radius 2 is 2.07 bits per heavy atom. The maximum Gasteiger partial charge on any atom is 0.409 e. The molecule has 0 radical (unpaired) electrons. The number of nitrogens with zero attached hydrogens (tertiary/aromatic N) is 2. The average molecular weight is 525 g/mol. The van der Waals surface area contributed by atoms with Gasteiger partial charge in [-0.3, -0.25) is 0 Å². The molecule has 28 heavy (non-hydrogen) atoms. The van der Waals surface area contributed by atoms with E-state index in [1.807, 2.05) is 32.0 Å². The smallest absolute Gasteiger partial charge is 0.409 e. The summed E-state index contributed by atoms with van der Waals surface area (Å²) < 4.78 is 10.7. The lowest BCUT2D eigenvalue weighted by molar-refractivity contribution is 0.0963. The molecular weight excluding hydrogens is 495 g/mol. The van der Waals surface area contributed by atoms with E-state index in [-0.39, 0.29) is 36.1 Å². The van der Waals surface area contributed by atoms with E-state index in [0.29, 0.717) is 37.9 Å². The number of piperidine rings is 1. The van der Waals surface area contributed by atoms with Crippen LogP contribution in [0.5, 0.6) is 5.75 Å². The van der Waals surface area contributed by atoms with E-state index in [4.69, 9.17) is 21.1 Å². The Kier molecular flexibility index (Phi) is 12.1. The molecule has 9 heteroatoms. The molecule has 0 aromatic heterocycles. The molecule has 0 atom stereocenters. The molecule has 0 aliphatic carbocycles. The van der Waals surface area contributed by atoms with Crippen LogP contribution >= 0.6 is 35.6 Å². The summed E-state index contributed by atoms with van der Waals surface area (Å²) in [6.07, 6.45) is 1.50. The second-order valence-electron chi connectivity index (χ2n) is 6.17. The molecular formula is C19H30ClIN4O3. The van der Waals surface area contributed by atoms with Crippen LogP contribution in [0.4, 0.5) is 4.79 Å². The highest BCUT2D eigenvalue weighted by Crippen LogP contribution is 2.16. The number of amides is 1. The van der Waals surface area contributed by atoms with Gasteiger partial charge in [0, 0.05) is 30.7 Å². The molecule has 1 heterocycles. The molecule has 0 bridgehead atoms. The van der Waals surface area contributed by atoms with E-state index in [2.05, 4.69) is 15.6 Å². The third-order valence-electron chi connectivity index (χ3n) is 4.13. The van der Waals surface area contributed by atoms with Crippen molar-refractivity contribution >= 4 is 47.6 Å². The van der Waals surface area contributed by atoms with Crippen LogP contribution in [0.15, 0.2) is 29.3 Å². The zero-order valence-corrected chi connectivity index (χ0v) is 19.5. The van der Waals surface area contributed by atoms with Gasteiger partial charge in [0.15, 0.2) is 5.96 Å². The number of hydrogen-bond donors (Lipinski definition) is 2. The predicted molar refractivity (Wildman–Crippen MR) is 123 cm³/mol. The third-order valence-corrected chi connectivity index (χ3v) is 4.37. The summed E-state index contributed by atoms with van der Waals surface area (Å²) in [5.41, 5.74) is 0. The van der Waals surface area contributed by atoms with Gasteiger partial charge in [0.25, 0.3) is 0 Å². The molecule has 1 saturated heterocycles. The fraction of sp³-hybridized carbons (Fsp3) is 0.579. The predicted octanol–water partition coefficient (Wildman–Crippen LogP) is 3.51. The van der Waals surface area contributed by atoms with Gasteiger partial charge in [-0.15, -0.1) is 24.0 Å². The lowest BCUT2D eigenvalue weighted by atomic mass is 10.1. The summed E-state index contributed by atoms with van der Waals surface area (Å²) in [7, 11) is 0. The topological polar surface area (TPSA) is 75.2 Å². The highest BCUT2D eigenvalue weighted by atomic mass is 127. The molecule has 0 saturated carbocycles. The van der Waals surface area contributed by atoms with Gasteiger partial charge in [-0.05, 0) is 44.9 Å². The van der Waals surface area contributed by atoms with Crippen molar-refractivity contribution in [3.05, 3.63) is 29.3 Å². The Morgan fingerprint density at radius 1 is 1.32 bits per heavy atom. The minimum Gasteiger partial charge on any atom is -0.492 e. The molecule has 2 rings (SSSR count). The second kappa shape index (κ2) is 13.7. The van der Waals surface area contributed by atoms with Crippen LogP contribution in [0.3, 0.4) is 0 Å². The summed E-state index contributed by atoms with van der Waals surface area (Å²) in [6, 6.07) is 7.60. The van der Waals surface area contributed by atoms with Crippen molar-refractivity contribution < 1.29 is 14.3 Å². The van der Waals surface area contributed by atoms with Crippen molar-refractivity contribution in [2.45, 2.75) is 32.7 Å². The van der Waals surface area contributed by atoms with Gasteiger partial charge in [-0.1, -0.05) is 17.7 Å².